The Morgan fingerprint density at radius 1 is 1.38 bits per heavy atom. The average molecular weight is 218 g/mol. The van der Waals surface area contributed by atoms with Crippen LogP contribution < -0.4 is 5.73 Å². The fraction of sp³-hybridized carbons (Fsp3) is 0.700. The lowest BCUT2D eigenvalue weighted by molar-refractivity contribution is -0.186. The van der Waals surface area contributed by atoms with Gasteiger partial charge < -0.3 is 15.2 Å². The Hall–Kier alpha value is -1.63. The van der Waals surface area contributed by atoms with Crippen LogP contribution in [0.2, 0.25) is 0 Å². The highest BCUT2D eigenvalue weighted by Crippen LogP contribution is 2.78. The Morgan fingerprint density at radius 2 is 2.00 bits per heavy atom. The molecule has 1 saturated heterocycles. The number of fused-ring (bicyclic) bond motifs is 2. The third-order valence-electron chi connectivity index (χ3n) is 4.04. The van der Waals surface area contributed by atoms with E-state index in [1.807, 2.05) is 0 Å². The molecule has 2 fully saturated rings. The van der Waals surface area contributed by atoms with E-state index in [9.17, 15) is 10.5 Å². The monoisotopic (exact) mass is 218 g/mol. The van der Waals surface area contributed by atoms with E-state index in [2.05, 4.69) is 17.1 Å². The molecule has 0 aromatic heterocycles. The van der Waals surface area contributed by atoms with Crippen LogP contribution in [-0.4, -0.2) is 25.0 Å². The Balaban J connectivity index is 2.22. The van der Waals surface area contributed by atoms with Gasteiger partial charge in [-0.05, 0) is 0 Å². The molecule has 2 N–H and O–H groups in total. The molecular formula is C10H10N4O2. The van der Waals surface area contributed by atoms with Gasteiger partial charge in [0.25, 0.3) is 5.91 Å². The van der Waals surface area contributed by atoms with E-state index in [0.717, 1.165) is 0 Å². The summed E-state index contributed by atoms with van der Waals surface area (Å²) in [7, 11) is 0. The Labute approximate surface area is 92.3 Å². The predicted octanol–water partition coefficient (Wildman–Crippen LogP) is -0.273. The van der Waals surface area contributed by atoms with E-state index in [4.69, 9.17) is 15.2 Å². The lowest BCUT2D eigenvalue weighted by Crippen LogP contribution is -2.38. The predicted molar refractivity (Wildman–Crippen MR) is 51.5 cm³/mol. The van der Waals surface area contributed by atoms with Crippen LogP contribution in [0.5, 0.6) is 0 Å². The van der Waals surface area contributed by atoms with Crippen molar-refractivity contribution in [2.45, 2.75) is 12.8 Å². The summed E-state index contributed by atoms with van der Waals surface area (Å²) in [6.45, 7) is 2.55. The summed E-state index contributed by atoms with van der Waals surface area (Å²) in [5.74, 6) is -1.40. The molecule has 1 spiro atoms. The quantitative estimate of drug-likeness (QED) is 0.602. The fourth-order valence-electron chi connectivity index (χ4n) is 3.13. The summed E-state index contributed by atoms with van der Waals surface area (Å²) < 4.78 is 10.9. The number of aliphatic imine (C=N–C) groups is 1. The maximum atomic E-state index is 9.39. The van der Waals surface area contributed by atoms with Gasteiger partial charge in [-0.25, -0.2) is 4.99 Å². The van der Waals surface area contributed by atoms with Gasteiger partial charge in [-0.15, -0.1) is 0 Å². The normalized spacial score (nSPS) is 46.9. The summed E-state index contributed by atoms with van der Waals surface area (Å²) in [6.07, 6.45) is 0. The number of nitrogens with two attached hydrogens (primary N) is 1. The van der Waals surface area contributed by atoms with Gasteiger partial charge in [0.05, 0.1) is 25.4 Å². The molecule has 0 unspecified atom stereocenters. The van der Waals surface area contributed by atoms with Gasteiger partial charge in [0.1, 0.15) is 11.3 Å². The van der Waals surface area contributed by atoms with Crippen molar-refractivity contribution in [2.75, 3.05) is 13.2 Å². The van der Waals surface area contributed by atoms with Gasteiger partial charge in [-0.3, -0.25) is 0 Å². The number of hydrogen-bond donors (Lipinski definition) is 1. The molecule has 0 bridgehead atoms. The van der Waals surface area contributed by atoms with Gasteiger partial charge in [-0.2, -0.15) is 10.5 Å². The highest BCUT2D eigenvalue weighted by molar-refractivity contribution is 5.98. The van der Waals surface area contributed by atoms with Gasteiger partial charge in [0.2, 0.25) is 0 Å². The molecule has 16 heavy (non-hydrogen) atoms. The SMILES string of the molecule is C[C@H]1[C@]2(C#N)C(N)=NC3(OCCO3)[C@]12C#N. The van der Waals surface area contributed by atoms with Crippen molar-refractivity contribution in [2.24, 2.45) is 27.5 Å². The topological polar surface area (TPSA) is 104 Å². The van der Waals surface area contributed by atoms with E-state index in [-0.39, 0.29) is 11.8 Å². The number of amidine groups is 1. The highest BCUT2D eigenvalue weighted by atomic mass is 16.8. The minimum atomic E-state index is -1.35. The van der Waals surface area contributed by atoms with Crippen LogP contribution in [-0.2, 0) is 9.47 Å². The zero-order valence-corrected chi connectivity index (χ0v) is 8.73. The second-order valence-electron chi connectivity index (χ2n) is 4.34. The number of rotatable bonds is 0. The van der Waals surface area contributed by atoms with Crippen LogP contribution in [0.4, 0.5) is 0 Å². The molecule has 3 atom stereocenters. The number of nitriles is 2. The lowest BCUT2D eigenvalue weighted by atomic mass is 9.94. The minimum absolute atomic E-state index is 0.158. The van der Waals surface area contributed by atoms with E-state index in [1.165, 1.54) is 0 Å². The maximum absolute atomic E-state index is 9.39. The summed E-state index contributed by atoms with van der Waals surface area (Å²) >= 11 is 0. The molecule has 2 aliphatic heterocycles. The standard InChI is InChI=1S/C10H10N4O2/c1-6-8(4-11)7(13)14-10(9(6,8)5-12)15-2-3-16-10/h6H,2-3H2,1H3,(H2,13,14)/t6-,8+,9+/m0/s1. The molecular weight excluding hydrogens is 208 g/mol. The van der Waals surface area contributed by atoms with Crippen molar-refractivity contribution in [1.82, 2.24) is 0 Å². The van der Waals surface area contributed by atoms with Gasteiger partial charge in [0.15, 0.2) is 5.41 Å². The maximum Gasteiger partial charge on any atom is 0.293 e. The molecule has 3 aliphatic rings. The first-order valence-electron chi connectivity index (χ1n) is 5.07. The van der Waals surface area contributed by atoms with Crippen molar-refractivity contribution in [1.29, 1.82) is 10.5 Å². The number of hydrogen-bond acceptors (Lipinski definition) is 6. The molecule has 2 heterocycles. The summed E-state index contributed by atoms with van der Waals surface area (Å²) in [6, 6.07) is 4.27. The Morgan fingerprint density at radius 3 is 2.44 bits per heavy atom. The molecule has 6 heteroatoms. The van der Waals surface area contributed by atoms with Crippen molar-refractivity contribution < 1.29 is 9.47 Å². The summed E-state index contributed by atoms with van der Waals surface area (Å²) in [4.78, 5) is 4.09. The van der Waals surface area contributed by atoms with Crippen LogP contribution >= 0.6 is 0 Å². The van der Waals surface area contributed by atoms with E-state index in [1.54, 1.807) is 6.92 Å². The highest BCUT2D eigenvalue weighted by Gasteiger charge is 2.92. The minimum Gasteiger partial charge on any atom is -0.386 e. The molecule has 0 radical (unpaired) electrons. The van der Waals surface area contributed by atoms with Gasteiger partial charge in [-0.1, -0.05) is 6.92 Å². The first-order chi connectivity index (χ1) is 7.61. The largest absolute Gasteiger partial charge is 0.386 e. The van der Waals surface area contributed by atoms with Crippen molar-refractivity contribution in [3.63, 3.8) is 0 Å². The van der Waals surface area contributed by atoms with Crippen molar-refractivity contribution in [3.05, 3.63) is 0 Å². The van der Waals surface area contributed by atoms with Crippen molar-refractivity contribution >= 4 is 5.84 Å². The number of nitrogens with zero attached hydrogens (tertiary/aromatic N) is 3. The molecule has 1 saturated carbocycles. The van der Waals surface area contributed by atoms with Crippen LogP contribution in [0.25, 0.3) is 0 Å². The van der Waals surface area contributed by atoms with Crippen LogP contribution in [0.3, 0.4) is 0 Å². The van der Waals surface area contributed by atoms with E-state index in [0.29, 0.717) is 13.2 Å². The van der Waals surface area contributed by atoms with Gasteiger partial charge in [0, 0.05) is 5.92 Å². The van der Waals surface area contributed by atoms with Crippen LogP contribution in [0, 0.1) is 39.4 Å². The third kappa shape index (κ3) is 0.583. The molecule has 6 nitrogen and oxygen atoms in total. The smallest absolute Gasteiger partial charge is 0.293 e. The summed E-state index contributed by atoms with van der Waals surface area (Å²) in [5, 5.41) is 18.7. The zero-order valence-electron chi connectivity index (χ0n) is 8.73. The van der Waals surface area contributed by atoms with Crippen molar-refractivity contribution in [3.8, 4) is 12.1 Å². The molecule has 82 valence electrons. The van der Waals surface area contributed by atoms with E-state index >= 15 is 0 Å². The fourth-order valence-corrected chi connectivity index (χ4v) is 3.13. The average Bonchev–Trinajstić information content (AvgIpc) is 2.61. The molecule has 0 aromatic rings. The molecule has 1 aliphatic carbocycles. The first-order valence-corrected chi connectivity index (χ1v) is 5.07. The second-order valence-corrected chi connectivity index (χ2v) is 4.34. The lowest BCUT2D eigenvalue weighted by Gasteiger charge is -2.24. The molecule has 0 aromatic carbocycles. The molecule has 3 rings (SSSR count). The third-order valence-corrected chi connectivity index (χ3v) is 4.04. The zero-order chi connectivity index (χ0) is 11.6. The second kappa shape index (κ2) is 2.37. The van der Waals surface area contributed by atoms with E-state index < -0.39 is 16.7 Å². The Kier molecular flexibility index (Phi) is 1.42. The summed E-state index contributed by atoms with van der Waals surface area (Å²) in [5.41, 5.74) is 3.68. The first kappa shape index (κ1) is 9.59. The Bertz CT molecular complexity index is 482. The van der Waals surface area contributed by atoms with Crippen LogP contribution in [0.1, 0.15) is 6.92 Å². The van der Waals surface area contributed by atoms with Gasteiger partial charge >= 0.3 is 0 Å². The van der Waals surface area contributed by atoms with Crippen LogP contribution in [0.15, 0.2) is 4.99 Å². The number of ether oxygens (including phenoxy) is 2. The molecule has 0 amide bonds.